The molecule has 2 N–H and O–H groups in total. The van der Waals surface area contributed by atoms with Gasteiger partial charge in [0.15, 0.2) is 0 Å². The number of benzene rings is 3. The van der Waals surface area contributed by atoms with Crippen LogP contribution in [0.4, 0.5) is 4.39 Å². The van der Waals surface area contributed by atoms with Gasteiger partial charge in [0.05, 0.1) is 37.2 Å². The van der Waals surface area contributed by atoms with Gasteiger partial charge in [0, 0.05) is 22.3 Å². The van der Waals surface area contributed by atoms with E-state index in [4.69, 9.17) is 4.74 Å². The van der Waals surface area contributed by atoms with Gasteiger partial charge in [0.25, 0.3) is 0 Å². The molecule has 0 radical (unpaired) electrons. The van der Waals surface area contributed by atoms with Crippen LogP contribution in [0.25, 0.3) is 16.6 Å². The summed E-state index contributed by atoms with van der Waals surface area (Å²) in [6.45, 7) is 1.72. The molecule has 35 heavy (non-hydrogen) atoms. The molecule has 6 nitrogen and oxygen atoms in total. The summed E-state index contributed by atoms with van der Waals surface area (Å²) in [6, 6.07) is 19.3. The number of fused-ring (bicyclic) bond motifs is 1. The number of nitrogens with zero attached hydrogens (tertiary/aromatic N) is 2. The van der Waals surface area contributed by atoms with Gasteiger partial charge < -0.3 is 15.2 Å². The smallest absolute Gasteiger partial charge is 0.226 e. The van der Waals surface area contributed by atoms with Crippen LogP contribution in [-0.2, 0) is 4.79 Å². The van der Waals surface area contributed by atoms with Gasteiger partial charge in [-0.25, -0.2) is 9.07 Å². The number of aromatic nitrogens is 2. The molecule has 1 fully saturated rings. The highest BCUT2D eigenvalue weighted by atomic mass is 19.1. The van der Waals surface area contributed by atoms with Crippen molar-refractivity contribution in [3.8, 4) is 11.4 Å². The fourth-order valence-electron chi connectivity index (χ4n) is 4.58. The van der Waals surface area contributed by atoms with Gasteiger partial charge in [-0.15, -0.1) is 0 Å². The Labute approximate surface area is 203 Å². The molecule has 0 bridgehead atoms. The molecule has 0 aliphatic heterocycles. The zero-order valence-electron chi connectivity index (χ0n) is 19.7. The van der Waals surface area contributed by atoms with E-state index in [1.165, 1.54) is 12.1 Å². The van der Waals surface area contributed by atoms with Crippen molar-refractivity contribution >= 4 is 16.8 Å². The maximum absolute atomic E-state index is 13.4. The van der Waals surface area contributed by atoms with E-state index in [-0.39, 0.29) is 29.7 Å². The number of rotatable bonds is 8. The molecule has 1 amide bonds. The van der Waals surface area contributed by atoms with Crippen LogP contribution in [0.1, 0.15) is 36.8 Å². The lowest BCUT2D eigenvalue weighted by atomic mass is 9.84. The van der Waals surface area contributed by atoms with E-state index < -0.39 is 6.04 Å². The summed E-state index contributed by atoms with van der Waals surface area (Å²) in [5.74, 6) is -0.00286. The summed E-state index contributed by atoms with van der Waals surface area (Å²) in [5, 5.41) is 18.9. The van der Waals surface area contributed by atoms with Gasteiger partial charge in [-0.3, -0.25) is 4.79 Å². The average Bonchev–Trinajstić information content (AvgIpc) is 3.50. The lowest BCUT2D eigenvalue weighted by Crippen LogP contribution is -2.45. The molecule has 2 atom stereocenters. The molecule has 1 aromatic heterocycles. The van der Waals surface area contributed by atoms with E-state index in [1.54, 1.807) is 30.1 Å². The Morgan fingerprint density at radius 3 is 2.60 bits per heavy atom. The third-order valence-corrected chi connectivity index (χ3v) is 6.96. The predicted octanol–water partition coefficient (Wildman–Crippen LogP) is 4.58. The van der Waals surface area contributed by atoms with Gasteiger partial charge >= 0.3 is 0 Å². The van der Waals surface area contributed by atoms with Crippen molar-refractivity contribution in [1.82, 2.24) is 15.1 Å². The number of para-hydroxylation sites is 1. The number of amides is 1. The number of nitrogens with one attached hydrogen (secondary N) is 1. The SMILES string of the molecule is COc1ccccc1[C@@H](c1ccc2c(cnn2-c2ccc(F)cc2)c1)[C@@H](CO)NC(=O)C1(C)CC1. The molecule has 0 unspecified atom stereocenters. The minimum atomic E-state index is -0.541. The topological polar surface area (TPSA) is 76.4 Å². The standard InChI is InChI=1S/C28H28FN3O3/c1-28(13-14-28)27(34)31-23(17-33)26(22-5-3-4-6-25(22)35-2)18-7-12-24-19(15-18)16-30-32(24)21-10-8-20(29)9-11-21/h3-12,15-16,23,26,33H,13-14,17H2,1-2H3,(H,31,34)/t23-,26-/m1/s1. The molecule has 0 spiro atoms. The molecular formula is C28H28FN3O3. The van der Waals surface area contributed by atoms with E-state index in [2.05, 4.69) is 10.4 Å². The van der Waals surface area contributed by atoms with Crippen LogP contribution >= 0.6 is 0 Å². The quantitative estimate of drug-likeness (QED) is 0.393. The highest BCUT2D eigenvalue weighted by Crippen LogP contribution is 2.45. The van der Waals surface area contributed by atoms with Crippen LogP contribution in [0.3, 0.4) is 0 Å². The molecule has 1 aliphatic rings. The Kier molecular flexibility index (Phi) is 6.03. The first-order valence-electron chi connectivity index (χ1n) is 11.7. The lowest BCUT2D eigenvalue weighted by molar-refractivity contribution is -0.126. The Hall–Kier alpha value is -3.71. The molecule has 7 heteroatoms. The molecule has 0 saturated heterocycles. The summed E-state index contributed by atoms with van der Waals surface area (Å²) >= 11 is 0. The average molecular weight is 474 g/mol. The Morgan fingerprint density at radius 1 is 1.17 bits per heavy atom. The minimum absolute atomic E-state index is 0.0401. The Morgan fingerprint density at radius 2 is 1.91 bits per heavy atom. The Bertz CT molecular complexity index is 1360. The number of hydrogen-bond acceptors (Lipinski definition) is 4. The Balaban J connectivity index is 1.58. The first-order valence-corrected chi connectivity index (χ1v) is 11.7. The van der Waals surface area contributed by atoms with Crippen molar-refractivity contribution in [3.05, 3.63) is 89.9 Å². The number of carbonyl (C=O) groups is 1. The van der Waals surface area contributed by atoms with Crippen molar-refractivity contribution in [2.45, 2.75) is 31.7 Å². The van der Waals surface area contributed by atoms with E-state index in [9.17, 15) is 14.3 Å². The van der Waals surface area contributed by atoms with Gasteiger partial charge in [-0.2, -0.15) is 5.10 Å². The number of ether oxygens (including phenoxy) is 1. The van der Waals surface area contributed by atoms with Crippen molar-refractivity contribution in [3.63, 3.8) is 0 Å². The van der Waals surface area contributed by atoms with Crippen molar-refractivity contribution < 1.29 is 19.0 Å². The summed E-state index contributed by atoms with van der Waals surface area (Å²) in [7, 11) is 1.61. The normalized spacial score (nSPS) is 16.0. The fraction of sp³-hybridized carbons (Fsp3) is 0.286. The second-order valence-corrected chi connectivity index (χ2v) is 9.39. The highest BCUT2D eigenvalue weighted by Gasteiger charge is 2.46. The van der Waals surface area contributed by atoms with E-state index in [0.29, 0.717) is 5.75 Å². The first-order chi connectivity index (χ1) is 16.9. The fourth-order valence-corrected chi connectivity index (χ4v) is 4.58. The van der Waals surface area contributed by atoms with Crippen molar-refractivity contribution in [2.75, 3.05) is 13.7 Å². The summed E-state index contributed by atoms with van der Waals surface area (Å²) in [5.41, 5.74) is 3.06. The summed E-state index contributed by atoms with van der Waals surface area (Å²) < 4.78 is 20.8. The minimum Gasteiger partial charge on any atom is -0.496 e. The molecule has 5 rings (SSSR count). The molecule has 1 saturated carbocycles. The molecule has 1 heterocycles. The van der Waals surface area contributed by atoms with Gasteiger partial charge in [0.2, 0.25) is 5.91 Å². The zero-order valence-corrected chi connectivity index (χ0v) is 19.7. The van der Waals surface area contributed by atoms with Crippen LogP contribution in [0.15, 0.2) is 72.9 Å². The molecular weight excluding hydrogens is 445 g/mol. The largest absolute Gasteiger partial charge is 0.496 e. The second kappa shape index (κ2) is 9.15. The van der Waals surface area contributed by atoms with Gasteiger partial charge in [0.1, 0.15) is 11.6 Å². The predicted molar refractivity (Wildman–Crippen MR) is 132 cm³/mol. The molecule has 1 aliphatic carbocycles. The van der Waals surface area contributed by atoms with E-state index >= 15 is 0 Å². The summed E-state index contributed by atoms with van der Waals surface area (Å²) in [6.07, 6.45) is 3.47. The second-order valence-electron chi connectivity index (χ2n) is 9.39. The number of methoxy groups -OCH3 is 1. The molecule has 4 aromatic rings. The number of carbonyl (C=O) groups excluding carboxylic acids is 1. The third kappa shape index (κ3) is 4.39. The van der Waals surface area contributed by atoms with E-state index in [1.807, 2.05) is 49.4 Å². The highest BCUT2D eigenvalue weighted by molar-refractivity contribution is 5.85. The maximum atomic E-state index is 13.4. The molecule has 180 valence electrons. The first kappa shape index (κ1) is 23.1. The zero-order chi connectivity index (χ0) is 24.6. The van der Waals surface area contributed by atoms with Crippen LogP contribution in [0.2, 0.25) is 0 Å². The van der Waals surface area contributed by atoms with Gasteiger partial charge in [-0.05, 0) is 60.9 Å². The van der Waals surface area contributed by atoms with Crippen LogP contribution in [0, 0.1) is 11.2 Å². The van der Waals surface area contributed by atoms with Crippen LogP contribution in [0.5, 0.6) is 5.75 Å². The van der Waals surface area contributed by atoms with Crippen LogP contribution in [-0.4, -0.2) is 40.6 Å². The number of hydrogen-bond donors (Lipinski definition) is 2. The van der Waals surface area contributed by atoms with Crippen molar-refractivity contribution in [2.24, 2.45) is 5.41 Å². The third-order valence-electron chi connectivity index (χ3n) is 6.96. The van der Waals surface area contributed by atoms with E-state index in [0.717, 1.165) is 40.6 Å². The van der Waals surface area contributed by atoms with Gasteiger partial charge in [-0.1, -0.05) is 31.2 Å². The lowest BCUT2D eigenvalue weighted by Gasteiger charge is -2.30. The maximum Gasteiger partial charge on any atom is 0.226 e. The summed E-state index contributed by atoms with van der Waals surface area (Å²) in [4.78, 5) is 12.9. The van der Waals surface area contributed by atoms with Crippen molar-refractivity contribution in [1.29, 1.82) is 0 Å². The van der Waals surface area contributed by atoms with Crippen LogP contribution < -0.4 is 10.1 Å². The number of halogens is 1. The molecule has 3 aromatic carbocycles. The number of aliphatic hydroxyl groups is 1. The number of aliphatic hydroxyl groups excluding tert-OH is 1. The monoisotopic (exact) mass is 473 g/mol.